The number of carboxylic acids is 2. The standard InChI is InChI=1S/C7H9NO5/c9-4(10)7(5(11)12)6(3-13-7)1-8-2-6/h8H,1-3H2,(H,9,10)(H,11,12). The van der Waals surface area contributed by atoms with Crippen LogP contribution in [0.3, 0.4) is 0 Å². The summed E-state index contributed by atoms with van der Waals surface area (Å²) in [6.07, 6.45) is 0. The summed E-state index contributed by atoms with van der Waals surface area (Å²) < 4.78 is 4.76. The minimum Gasteiger partial charge on any atom is -0.479 e. The molecule has 0 aromatic rings. The number of carboxylic acid groups (broad SMARTS) is 2. The molecule has 2 aliphatic rings. The first-order valence-electron chi connectivity index (χ1n) is 3.87. The molecule has 0 amide bonds. The Balaban J connectivity index is 2.35. The number of carbonyl (C=O) groups is 2. The van der Waals surface area contributed by atoms with E-state index in [2.05, 4.69) is 5.32 Å². The van der Waals surface area contributed by atoms with Crippen LogP contribution in [0, 0.1) is 5.41 Å². The number of hydrogen-bond donors (Lipinski definition) is 3. The van der Waals surface area contributed by atoms with Crippen LogP contribution in [0.15, 0.2) is 0 Å². The van der Waals surface area contributed by atoms with E-state index in [0.717, 1.165) is 0 Å². The maximum Gasteiger partial charge on any atom is 0.348 e. The fourth-order valence-electron chi connectivity index (χ4n) is 1.87. The molecule has 2 saturated heterocycles. The lowest BCUT2D eigenvalue weighted by atomic mass is 9.63. The highest BCUT2D eigenvalue weighted by Crippen LogP contribution is 2.48. The molecule has 0 radical (unpaired) electrons. The van der Waals surface area contributed by atoms with Gasteiger partial charge >= 0.3 is 11.9 Å². The molecule has 2 aliphatic heterocycles. The normalized spacial score (nSPS) is 27.4. The Bertz CT molecular complexity index is 263. The summed E-state index contributed by atoms with van der Waals surface area (Å²) in [4.78, 5) is 21.6. The van der Waals surface area contributed by atoms with Crippen molar-refractivity contribution in [3.8, 4) is 0 Å². The molecular weight excluding hydrogens is 178 g/mol. The molecule has 1 spiro atoms. The summed E-state index contributed by atoms with van der Waals surface area (Å²) in [6.45, 7) is 0.996. The van der Waals surface area contributed by atoms with Gasteiger partial charge in [0, 0.05) is 13.1 Å². The molecule has 3 N–H and O–H groups in total. The van der Waals surface area contributed by atoms with Gasteiger partial charge in [-0.05, 0) is 0 Å². The highest BCUT2D eigenvalue weighted by Gasteiger charge is 2.73. The third-order valence-corrected chi connectivity index (χ3v) is 2.84. The highest BCUT2D eigenvalue weighted by molar-refractivity contribution is 6.04. The monoisotopic (exact) mass is 187 g/mol. The van der Waals surface area contributed by atoms with Gasteiger partial charge in [0.05, 0.1) is 12.0 Å². The number of nitrogens with one attached hydrogen (secondary N) is 1. The maximum absolute atomic E-state index is 10.8. The van der Waals surface area contributed by atoms with E-state index in [1.54, 1.807) is 0 Å². The average molecular weight is 187 g/mol. The van der Waals surface area contributed by atoms with E-state index < -0.39 is 23.0 Å². The molecule has 6 heteroatoms. The van der Waals surface area contributed by atoms with E-state index in [-0.39, 0.29) is 6.61 Å². The summed E-state index contributed by atoms with van der Waals surface area (Å²) >= 11 is 0. The zero-order chi connectivity index (χ0) is 9.69. The molecule has 0 atom stereocenters. The Labute approximate surface area is 73.5 Å². The predicted molar refractivity (Wildman–Crippen MR) is 39.3 cm³/mol. The molecule has 72 valence electrons. The Morgan fingerprint density at radius 2 is 1.77 bits per heavy atom. The molecular formula is C7H9NO5. The van der Waals surface area contributed by atoms with Crippen LogP contribution in [0.2, 0.25) is 0 Å². The largest absolute Gasteiger partial charge is 0.479 e. The van der Waals surface area contributed by atoms with Gasteiger partial charge in [-0.3, -0.25) is 0 Å². The van der Waals surface area contributed by atoms with Gasteiger partial charge in [0.2, 0.25) is 0 Å². The van der Waals surface area contributed by atoms with Gasteiger partial charge in [0.15, 0.2) is 0 Å². The van der Waals surface area contributed by atoms with E-state index in [1.807, 2.05) is 0 Å². The van der Waals surface area contributed by atoms with Crippen molar-refractivity contribution in [2.75, 3.05) is 19.7 Å². The first-order chi connectivity index (χ1) is 6.05. The molecule has 6 nitrogen and oxygen atoms in total. The summed E-state index contributed by atoms with van der Waals surface area (Å²) in [6, 6.07) is 0. The summed E-state index contributed by atoms with van der Waals surface area (Å²) in [5, 5.41) is 20.5. The Morgan fingerprint density at radius 3 is 1.85 bits per heavy atom. The van der Waals surface area contributed by atoms with Crippen LogP contribution in [0.4, 0.5) is 0 Å². The number of ether oxygens (including phenoxy) is 1. The number of aliphatic carboxylic acids is 2. The fourth-order valence-corrected chi connectivity index (χ4v) is 1.87. The van der Waals surface area contributed by atoms with Crippen molar-refractivity contribution >= 4 is 11.9 Å². The Morgan fingerprint density at radius 1 is 1.23 bits per heavy atom. The number of rotatable bonds is 2. The van der Waals surface area contributed by atoms with Gasteiger partial charge in [0.1, 0.15) is 0 Å². The molecule has 0 bridgehead atoms. The van der Waals surface area contributed by atoms with Crippen LogP contribution < -0.4 is 5.32 Å². The summed E-state index contributed by atoms with van der Waals surface area (Å²) in [5.74, 6) is -2.82. The first kappa shape index (κ1) is 8.46. The molecule has 2 rings (SSSR count). The zero-order valence-electron chi connectivity index (χ0n) is 6.74. The smallest absolute Gasteiger partial charge is 0.348 e. The van der Waals surface area contributed by atoms with Crippen LogP contribution in [-0.4, -0.2) is 47.4 Å². The van der Waals surface area contributed by atoms with Crippen LogP contribution in [0.1, 0.15) is 0 Å². The van der Waals surface area contributed by atoms with Gasteiger partial charge < -0.3 is 20.3 Å². The van der Waals surface area contributed by atoms with Crippen LogP contribution in [-0.2, 0) is 14.3 Å². The SMILES string of the molecule is O=C(O)C1(C(=O)O)OCC12CNC2. The lowest BCUT2D eigenvalue weighted by Crippen LogP contribution is -2.81. The Hall–Kier alpha value is -1.14. The Kier molecular flexibility index (Phi) is 1.44. The second-order valence-electron chi connectivity index (χ2n) is 3.46. The molecule has 0 aromatic heterocycles. The fraction of sp³-hybridized carbons (Fsp3) is 0.714. The lowest BCUT2D eigenvalue weighted by molar-refractivity contribution is -0.277. The van der Waals surface area contributed by atoms with Gasteiger partial charge in [0.25, 0.3) is 5.60 Å². The van der Waals surface area contributed by atoms with Crippen molar-refractivity contribution in [2.45, 2.75) is 5.60 Å². The van der Waals surface area contributed by atoms with Gasteiger partial charge in [-0.2, -0.15) is 0 Å². The van der Waals surface area contributed by atoms with Gasteiger partial charge in [-0.15, -0.1) is 0 Å². The highest BCUT2D eigenvalue weighted by atomic mass is 16.6. The molecule has 0 saturated carbocycles. The van der Waals surface area contributed by atoms with Crippen molar-refractivity contribution in [3.05, 3.63) is 0 Å². The molecule has 2 fully saturated rings. The van der Waals surface area contributed by atoms with Gasteiger partial charge in [-0.1, -0.05) is 0 Å². The third kappa shape index (κ3) is 0.702. The minimum atomic E-state index is -2.02. The second-order valence-corrected chi connectivity index (χ2v) is 3.46. The average Bonchev–Trinajstić information content (AvgIpc) is 1.78. The quantitative estimate of drug-likeness (QED) is 0.456. The summed E-state index contributed by atoms with van der Waals surface area (Å²) in [5.41, 5.74) is -2.75. The van der Waals surface area contributed by atoms with Crippen LogP contribution in [0.25, 0.3) is 0 Å². The van der Waals surface area contributed by atoms with Crippen molar-refractivity contribution in [3.63, 3.8) is 0 Å². The molecule has 0 unspecified atom stereocenters. The topological polar surface area (TPSA) is 95.9 Å². The van der Waals surface area contributed by atoms with Gasteiger partial charge in [-0.25, -0.2) is 9.59 Å². The van der Waals surface area contributed by atoms with Crippen LogP contribution in [0.5, 0.6) is 0 Å². The van der Waals surface area contributed by atoms with E-state index in [1.165, 1.54) is 0 Å². The third-order valence-electron chi connectivity index (χ3n) is 2.84. The van der Waals surface area contributed by atoms with E-state index in [4.69, 9.17) is 14.9 Å². The zero-order valence-corrected chi connectivity index (χ0v) is 6.74. The molecule has 13 heavy (non-hydrogen) atoms. The van der Waals surface area contributed by atoms with E-state index in [0.29, 0.717) is 13.1 Å². The molecule has 0 aliphatic carbocycles. The summed E-state index contributed by atoms with van der Waals surface area (Å²) in [7, 11) is 0. The van der Waals surface area contributed by atoms with Crippen LogP contribution >= 0.6 is 0 Å². The second kappa shape index (κ2) is 2.21. The maximum atomic E-state index is 10.8. The van der Waals surface area contributed by atoms with Crippen molar-refractivity contribution in [1.82, 2.24) is 5.32 Å². The molecule has 2 heterocycles. The molecule has 0 aromatic carbocycles. The van der Waals surface area contributed by atoms with Crippen molar-refractivity contribution in [2.24, 2.45) is 5.41 Å². The lowest BCUT2D eigenvalue weighted by Gasteiger charge is -2.58. The van der Waals surface area contributed by atoms with E-state index in [9.17, 15) is 9.59 Å². The predicted octanol–water partition coefficient (Wildman–Crippen LogP) is -1.49. The number of hydrogen-bond acceptors (Lipinski definition) is 4. The first-order valence-corrected chi connectivity index (χ1v) is 3.87. The van der Waals surface area contributed by atoms with E-state index >= 15 is 0 Å². The van der Waals surface area contributed by atoms with Crippen molar-refractivity contribution < 1.29 is 24.5 Å². The van der Waals surface area contributed by atoms with Crippen molar-refractivity contribution in [1.29, 1.82) is 0 Å². The minimum absolute atomic E-state index is 0.207.